The molecule has 0 aliphatic carbocycles. The van der Waals surface area contributed by atoms with E-state index in [1.807, 2.05) is 0 Å². The number of H-pyrrole nitrogens is 1. The van der Waals surface area contributed by atoms with E-state index in [0.717, 1.165) is 0 Å². The predicted molar refractivity (Wildman–Crippen MR) is 76.7 cm³/mol. The molecule has 1 heterocycles. The molecule has 0 saturated heterocycles. The number of hydrogen-bond acceptors (Lipinski definition) is 2. The summed E-state index contributed by atoms with van der Waals surface area (Å²) in [7, 11) is 0. The second-order valence-corrected chi connectivity index (χ2v) is 4.65. The minimum absolute atomic E-state index is 0. The van der Waals surface area contributed by atoms with Gasteiger partial charge in [0.2, 0.25) is 0 Å². The third-order valence-corrected chi connectivity index (χ3v) is 3.28. The van der Waals surface area contributed by atoms with Gasteiger partial charge in [-0.3, -0.25) is 4.79 Å². The van der Waals surface area contributed by atoms with Gasteiger partial charge in [0, 0.05) is 17.3 Å². The fourth-order valence-electron chi connectivity index (χ4n) is 2.25. The van der Waals surface area contributed by atoms with Crippen LogP contribution in [0.3, 0.4) is 0 Å². The number of nitrogens with one attached hydrogen (secondary N) is 1. The summed E-state index contributed by atoms with van der Waals surface area (Å²) in [6, 6.07) is 5.56. The first-order valence-corrected chi connectivity index (χ1v) is 6.29. The Morgan fingerprint density at radius 2 is 1.91 bits per heavy atom. The molecule has 0 spiro atoms. The number of halogens is 3. The van der Waals surface area contributed by atoms with Crippen molar-refractivity contribution < 1.29 is 69.4 Å². The number of alkyl halides is 3. The fourth-order valence-corrected chi connectivity index (χ4v) is 2.25. The van der Waals surface area contributed by atoms with Crippen LogP contribution in [0.4, 0.5) is 13.2 Å². The molecule has 0 radical (unpaired) electrons. The van der Waals surface area contributed by atoms with Crippen LogP contribution in [0, 0.1) is 7.43 Å². The van der Waals surface area contributed by atoms with Gasteiger partial charge in [-0.05, 0) is 18.1 Å². The Labute approximate surface area is 170 Å². The van der Waals surface area contributed by atoms with Gasteiger partial charge in [0.25, 0.3) is 0 Å². The Morgan fingerprint density at radius 3 is 2.45 bits per heavy atom. The second-order valence-electron chi connectivity index (χ2n) is 4.65. The molecule has 0 saturated carbocycles. The van der Waals surface area contributed by atoms with Crippen molar-refractivity contribution in [3.05, 3.63) is 42.9 Å². The minimum Gasteiger partial charge on any atom is -0.358 e. The van der Waals surface area contributed by atoms with Crippen LogP contribution in [0.25, 0.3) is 10.9 Å². The van der Waals surface area contributed by atoms with Gasteiger partial charge in [-0.15, -0.1) is 0 Å². The van der Waals surface area contributed by atoms with Crippen LogP contribution in [0.5, 0.6) is 0 Å². The molecule has 0 bridgehead atoms. The maximum Gasteiger partial charge on any atom is 1.00 e. The van der Waals surface area contributed by atoms with Crippen molar-refractivity contribution in [1.82, 2.24) is 4.98 Å². The maximum absolute atomic E-state index is 13.1. The van der Waals surface area contributed by atoms with Crippen molar-refractivity contribution in [1.29, 1.82) is 0 Å². The molecule has 1 unspecified atom stereocenters. The van der Waals surface area contributed by atoms with Gasteiger partial charge >= 0.3 is 57.6 Å². The van der Waals surface area contributed by atoms with E-state index >= 15 is 0 Å². The summed E-state index contributed by atoms with van der Waals surface area (Å²) < 4.78 is 39.2. The smallest absolute Gasteiger partial charge is 0.358 e. The number of ketones is 1. The van der Waals surface area contributed by atoms with Crippen molar-refractivity contribution in [2.24, 2.45) is 5.73 Å². The van der Waals surface area contributed by atoms with Crippen LogP contribution in [-0.4, -0.2) is 16.8 Å². The van der Waals surface area contributed by atoms with Crippen LogP contribution in [0.2, 0.25) is 0 Å². The van der Waals surface area contributed by atoms with Crippen molar-refractivity contribution in [3.63, 3.8) is 0 Å². The Morgan fingerprint density at radius 1 is 1.32 bits per heavy atom. The van der Waals surface area contributed by atoms with E-state index in [-0.39, 0.29) is 83.0 Å². The predicted octanol–water partition coefficient (Wildman–Crippen LogP) is 0.490. The first-order valence-electron chi connectivity index (χ1n) is 6.29. The Balaban J connectivity index is 0.00000220. The Bertz CT molecular complexity index is 637. The number of aromatic amines is 1. The summed E-state index contributed by atoms with van der Waals surface area (Å²) in [6.07, 6.45) is -4.40. The van der Waals surface area contributed by atoms with E-state index in [1.165, 1.54) is 0 Å². The molecule has 0 aliphatic heterocycles. The summed E-state index contributed by atoms with van der Waals surface area (Å²) in [5, 5.41) is 0.458. The first kappa shape index (κ1) is 21.8. The van der Waals surface area contributed by atoms with Gasteiger partial charge in [-0.2, -0.15) is 13.2 Å². The largest absolute Gasteiger partial charge is 1.00 e. The summed E-state index contributed by atoms with van der Waals surface area (Å²) >= 11 is 0. The van der Waals surface area contributed by atoms with E-state index in [0.29, 0.717) is 10.9 Å². The number of Topliss-reactive ketones (excluding diaryl/α,β-unsaturated/α-hetero) is 1. The minimum atomic E-state index is -4.50. The number of benzene rings is 1. The molecule has 1 aromatic heterocycles. The van der Waals surface area contributed by atoms with Crippen LogP contribution in [0.1, 0.15) is 24.6 Å². The number of fused-ring (bicyclic) bond motifs is 1. The third-order valence-electron chi connectivity index (χ3n) is 3.28. The first-order chi connectivity index (χ1) is 9.34. The quantitative estimate of drug-likeness (QED) is 0.630. The van der Waals surface area contributed by atoms with Crippen molar-refractivity contribution in [3.8, 4) is 0 Å². The Hall–Kier alpha value is -0.184. The van der Waals surface area contributed by atoms with E-state index in [1.54, 1.807) is 31.2 Å². The molecule has 1 aromatic carbocycles. The molecule has 0 fully saturated rings. The summed E-state index contributed by atoms with van der Waals surface area (Å²) in [4.78, 5) is 13.9. The van der Waals surface area contributed by atoms with E-state index in [4.69, 9.17) is 5.73 Å². The average Bonchev–Trinajstić information content (AvgIpc) is 2.77. The monoisotopic (exact) mass is 338 g/mol. The molecule has 0 amide bonds. The molecule has 116 valence electrons. The summed E-state index contributed by atoms with van der Waals surface area (Å²) in [5.74, 6) is -0.247. The number of para-hydroxylation sites is 1. The van der Waals surface area contributed by atoms with Gasteiger partial charge in [0.15, 0.2) is 0 Å². The van der Waals surface area contributed by atoms with Crippen molar-refractivity contribution in [2.45, 2.75) is 32.0 Å². The molecule has 3 N–H and O–H groups in total. The third kappa shape index (κ3) is 4.66. The van der Waals surface area contributed by atoms with E-state index in [2.05, 4.69) is 4.98 Å². The number of carbonyl (C=O) groups is 1. The molecule has 3 nitrogen and oxygen atoms in total. The van der Waals surface area contributed by atoms with Crippen LogP contribution >= 0.6 is 0 Å². The molecule has 2 aromatic rings. The van der Waals surface area contributed by atoms with Crippen molar-refractivity contribution >= 4 is 16.7 Å². The zero-order valence-electron chi connectivity index (χ0n) is 12.9. The molecule has 7 heteroatoms. The van der Waals surface area contributed by atoms with Crippen LogP contribution < -0.4 is 57.1 Å². The molecule has 0 aliphatic rings. The van der Waals surface area contributed by atoms with Crippen molar-refractivity contribution in [2.75, 3.05) is 0 Å². The summed E-state index contributed by atoms with van der Waals surface area (Å²) in [5.41, 5.74) is 5.32. The number of nitrogens with two attached hydrogens (primary N) is 1. The van der Waals surface area contributed by atoms with Gasteiger partial charge < -0.3 is 18.1 Å². The standard InChI is InChI=1S/C14H15F3N2O.CH3.K/c1-2-12(20)10(18)7-9-8-5-3-4-6-11(8)19-13(9)14(15,16)17;;/h3-6,10,19H,2,7,18H2,1H3;1H3;/q;-1;+1. The van der Waals surface area contributed by atoms with E-state index < -0.39 is 17.9 Å². The Kier molecular flexibility index (Phi) is 8.54. The second kappa shape index (κ2) is 8.61. The average molecular weight is 338 g/mol. The number of carbonyl (C=O) groups excluding carboxylic acids is 1. The summed E-state index contributed by atoms with van der Waals surface area (Å²) in [6.45, 7) is 1.64. The molecular formula is C15H18F3KN2O. The topological polar surface area (TPSA) is 58.9 Å². The molecular weight excluding hydrogens is 320 g/mol. The zero-order chi connectivity index (χ0) is 14.9. The molecule has 2 rings (SSSR count). The SMILES string of the molecule is CCC(=O)C(N)Cc1c(C(F)(F)F)[nH]c2ccccc12.[CH3-].[K+]. The van der Waals surface area contributed by atoms with Gasteiger partial charge in [0.05, 0.1) is 6.04 Å². The van der Waals surface area contributed by atoms with Gasteiger partial charge in [-0.25, -0.2) is 0 Å². The van der Waals surface area contributed by atoms with Gasteiger partial charge in [0.1, 0.15) is 11.5 Å². The normalized spacial score (nSPS) is 12.4. The molecule has 1 atom stereocenters. The molecule has 22 heavy (non-hydrogen) atoms. The van der Waals surface area contributed by atoms with Crippen LogP contribution in [-0.2, 0) is 17.4 Å². The maximum atomic E-state index is 13.1. The van der Waals surface area contributed by atoms with Gasteiger partial charge in [-0.1, -0.05) is 25.1 Å². The van der Waals surface area contributed by atoms with Crippen LogP contribution in [0.15, 0.2) is 24.3 Å². The zero-order valence-corrected chi connectivity index (χ0v) is 16.0. The van der Waals surface area contributed by atoms with E-state index in [9.17, 15) is 18.0 Å². The fraction of sp³-hybridized carbons (Fsp3) is 0.333. The number of aromatic nitrogens is 1. The number of rotatable bonds is 4. The number of hydrogen-bond donors (Lipinski definition) is 2.